The number of nitrogens with two attached hydrogens (primary N) is 1. The van der Waals surface area contributed by atoms with E-state index in [9.17, 15) is 0 Å². The van der Waals surface area contributed by atoms with Crippen molar-refractivity contribution < 1.29 is 4.74 Å². The van der Waals surface area contributed by atoms with Gasteiger partial charge >= 0.3 is 0 Å². The van der Waals surface area contributed by atoms with Crippen LogP contribution >= 0.6 is 11.3 Å². The molecular formula is C20H19N5OS. The maximum atomic E-state index is 6.24. The van der Waals surface area contributed by atoms with Crippen molar-refractivity contribution in [2.75, 3.05) is 11.1 Å². The molecule has 27 heavy (non-hydrogen) atoms. The van der Waals surface area contributed by atoms with Crippen molar-refractivity contribution in [2.45, 2.75) is 20.8 Å². The number of anilines is 3. The zero-order valence-corrected chi connectivity index (χ0v) is 16.1. The predicted octanol–water partition coefficient (Wildman–Crippen LogP) is 5.13. The lowest BCUT2D eigenvalue weighted by Gasteiger charge is -2.11. The van der Waals surface area contributed by atoms with Gasteiger partial charge in [0.2, 0.25) is 5.88 Å². The van der Waals surface area contributed by atoms with Gasteiger partial charge in [-0.15, -0.1) is 0 Å². The summed E-state index contributed by atoms with van der Waals surface area (Å²) in [5.74, 6) is 1.48. The van der Waals surface area contributed by atoms with Crippen LogP contribution in [0.4, 0.5) is 16.6 Å². The van der Waals surface area contributed by atoms with Crippen molar-refractivity contribution in [3.05, 3.63) is 59.4 Å². The second-order valence-corrected chi connectivity index (χ2v) is 7.51. The zero-order chi connectivity index (χ0) is 19.0. The van der Waals surface area contributed by atoms with Crippen molar-refractivity contribution >= 4 is 38.2 Å². The lowest BCUT2D eigenvalue weighted by molar-refractivity contribution is 0.464. The Morgan fingerprint density at radius 3 is 2.52 bits per heavy atom. The Balaban J connectivity index is 1.62. The molecule has 0 radical (unpaired) electrons. The van der Waals surface area contributed by atoms with Gasteiger partial charge in [0.1, 0.15) is 17.8 Å². The van der Waals surface area contributed by atoms with Gasteiger partial charge < -0.3 is 15.8 Å². The summed E-state index contributed by atoms with van der Waals surface area (Å²) in [5.41, 5.74) is 10.9. The molecule has 2 heterocycles. The van der Waals surface area contributed by atoms with Crippen molar-refractivity contribution in [3.63, 3.8) is 0 Å². The van der Waals surface area contributed by atoms with Crippen molar-refractivity contribution in [2.24, 2.45) is 0 Å². The normalized spacial score (nSPS) is 10.9. The van der Waals surface area contributed by atoms with Crippen LogP contribution in [-0.2, 0) is 0 Å². The van der Waals surface area contributed by atoms with Crippen LogP contribution < -0.4 is 15.8 Å². The molecule has 0 saturated carbocycles. The number of aryl methyl sites for hydroxylation is 3. The maximum Gasteiger partial charge on any atom is 0.248 e. The van der Waals surface area contributed by atoms with Gasteiger partial charge in [0.15, 0.2) is 10.9 Å². The second kappa shape index (κ2) is 6.85. The van der Waals surface area contributed by atoms with Gasteiger partial charge in [-0.25, -0.2) is 9.97 Å². The third-order valence-electron chi connectivity index (χ3n) is 4.03. The first kappa shape index (κ1) is 17.2. The fourth-order valence-corrected chi connectivity index (χ4v) is 3.81. The molecular weight excluding hydrogens is 358 g/mol. The summed E-state index contributed by atoms with van der Waals surface area (Å²) in [6, 6.07) is 12.1. The van der Waals surface area contributed by atoms with E-state index in [-0.39, 0.29) is 0 Å². The Labute approximate surface area is 161 Å². The first-order chi connectivity index (χ1) is 13.0. The van der Waals surface area contributed by atoms with Gasteiger partial charge in [0, 0.05) is 0 Å². The van der Waals surface area contributed by atoms with E-state index in [1.54, 1.807) is 11.3 Å². The van der Waals surface area contributed by atoms with Crippen LogP contribution in [0.25, 0.3) is 10.2 Å². The van der Waals surface area contributed by atoms with Crippen LogP contribution in [-0.4, -0.2) is 15.0 Å². The third-order valence-corrected chi connectivity index (χ3v) is 4.96. The molecule has 0 aliphatic heterocycles. The molecule has 0 aliphatic rings. The molecule has 6 nitrogen and oxygen atoms in total. The average molecular weight is 377 g/mol. The van der Waals surface area contributed by atoms with Gasteiger partial charge in [-0.3, -0.25) is 0 Å². The van der Waals surface area contributed by atoms with Crippen molar-refractivity contribution in [1.29, 1.82) is 0 Å². The lowest BCUT2D eigenvalue weighted by atomic mass is 10.1. The molecule has 0 saturated heterocycles. The van der Waals surface area contributed by atoms with E-state index in [0.717, 1.165) is 26.5 Å². The summed E-state index contributed by atoms with van der Waals surface area (Å²) in [6.07, 6.45) is 1.42. The van der Waals surface area contributed by atoms with Crippen molar-refractivity contribution in [1.82, 2.24) is 15.0 Å². The van der Waals surface area contributed by atoms with Crippen LogP contribution in [0.2, 0.25) is 0 Å². The largest absolute Gasteiger partial charge is 0.437 e. The highest BCUT2D eigenvalue weighted by atomic mass is 32.1. The fraction of sp³-hybridized carbons (Fsp3) is 0.150. The van der Waals surface area contributed by atoms with Crippen LogP contribution in [0.5, 0.6) is 11.6 Å². The highest BCUT2D eigenvalue weighted by Gasteiger charge is 2.13. The highest BCUT2D eigenvalue weighted by Crippen LogP contribution is 2.34. The molecule has 0 amide bonds. The number of fused-ring (bicyclic) bond motifs is 1. The van der Waals surface area contributed by atoms with E-state index in [1.807, 2.05) is 38.1 Å². The second-order valence-electron chi connectivity index (χ2n) is 6.48. The minimum Gasteiger partial charge on any atom is -0.437 e. The quantitative estimate of drug-likeness (QED) is 0.513. The minimum absolute atomic E-state index is 0.314. The molecule has 4 aromatic rings. The number of aromatic nitrogens is 3. The number of nitrogens with zero attached hydrogens (tertiary/aromatic N) is 3. The molecule has 136 valence electrons. The fourth-order valence-electron chi connectivity index (χ4n) is 2.85. The summed E-state index contributed by atoms with van der Waals surface area (Å²) >= 11 is 1.55. The summed E-state index contributed by atoms with van der Waals surface area (Å²) in [6.45, 7) is 6.10. The summed E-state index contributed by atoms with van der Waals surface area (Å²) in [7, 11) is 0. The first-order valence-electron chi connectivity index (χ1n) is 8.49. The van der Waals surface area contributed by atoms with Gasteiger partial charge in [0.25, 0.3) is 0 Å². The molecule has 0 unspecified atom stereocenters. The number of hydrogen-bond donors (Lipinski definition) is 2. The molecule has 0 aliphatic carbocycles. The molecule has 4 rings (SSSR count). The number of thiazole rings is 1. The van der Waals surface area contributed by atoms with Crippen LogP contribution in [0.15, 0.2) is 42.7 Å². The van der Waals surface area contributed by atoms with Gasteiger partial charge in [0.05, 0.1) is 10.2 Å². The molecule has 7 heteroatoms. The van der Waals surface area contributed by atoms with Crippen LogP contribution in [0, 0.1) is 20.8 Å². The van der Waals surface area contributed by atoms with Crippen LogP contribution in [0.3, 0.4) is 0 Å². The molecule has 0 fully saturated rings. The Hall–Kier alpha value is -3.19. The van der Waals surface area contributed by atoms with E-state index in [1.165, 1.54) is 11.9 Å². The molecule has 0 spiro atoms. The van der Waals surface area contributed by atoms with E-state index in [2.05, 4.69) is 39.3 Å². The lowest BCUT2D eigenvalue weighted by Crippen LogP contribution is -2.03. The average Bonchev–Trinajstić information content (AvgIpc) is 2.99. The van der Waals surface area contributed by atoms with E-state index >= 15 is 0 Å². The van der Waals surface area contributed by atoms with E-state index < -0.39 is 0 Å². The minimum atomic E-state index is 0.314. The summed E-state index contributed by atoms with van der Waals surface area (Å²) < 4.78 is 7.00. The molecule has 0 atom stereocenters. The SMILES string of the molecule is Cc1cc(C)cc(Oc2ncnc(Nc3nc4ccc(C)cc4s3)c2N)c1. The molecule has 2 aromatic heterocycles. The number of rotatable bonds is 4. The van der Waals surface area contributed by atoms with E-state index in [0.29, 0.717) is 23.1 Å². The number of hydrogen-bond acceptors (Lipinski definition) is 7. The summed E-state index contributed by atoms with van der Waals surface area (Å²) in [5, 5.41) is 3.90. The zero-order valence-electron chi connectivity index (χ0n) is 15.3. The molecule has 2 aromatic carbocycles. The van der Waals surface area contributed by atoms with Gasteiger partial charge in [-0.1, -0.05) is 23.5 Å². The number of ether oxygens (including phenoxy) is 1. The topological polar surface area (TPSA) is 86.0 Å². The molecule has 0 bridgehead atoms. The smallest absolute Gasteiger partial charge is 0.248 e. The highest BCUT2D eigenvalue weighted by molar-refractivity contribution is 7.22. The van der Waals surface area contributed by atoms with E-state index in [4.69, 9.17) is 10.5 Å². The Bertz CT molecular complexity index is 1120. The predicted molar refractivity (Wildman–Crippen MR) is 110 cm³/mol. The molecule has 3 N–H and O–H groups in total. The third kappa shape index (κ3) is 3.68. The number of nitrogens with one attached hydrogen (secondary N) is 1. The maximum absolute atomic E-state index is 6.24. The Kier molecular flexibility index (Phi) is 4.37. The number of benzene rings is 2. The van der Waals surface area contributed by atoms with Crippen molar-refractivity contribution in [3.8, 4) is 11.6 Å². The monoisotopic (exact) mass is 377 g/mol. The van der Waals surface area contributed by atoms with Gasteiger partial charge in [-0.05, 0) is 61.7 Å². The summed E-state index contributed by atoms with van der Waals surface area (Å²) in [4.78, 5) is 13.0. The Morgan fingerprint density at radius 2 is 1.74 bits per heavy atom. The first-order valence-corrected chi connectivity index (χ1v) is 9.30. The van der Waals surface area contributed by atoms with Crippen LogP contribution in [0.1, 0.15) is 16.7 Å². The standard InChI is InChI=1S/C20H19N5OS/c1-11-4-5-15-16(9-11)27-20(24-15)25-18-17(21)19(23-10-22-18)26-14-7-12(2)6-13(3)8-14/h4-10H,21H2,1-3H3,(H,22,23,24,25). The number of nitrogen functional groups attached to an aromatic ring is 1. The Morgan fingerprint density at radius 1 is 0.963 bits per heavy atom. The van der Waals surface area contributed by atoms with Gasteiger partial charge in [-0.2, -0.15) is 4.98 Å².